The van der Waals surface area contributed by atoms with Crippen molar-refractivity contribution in [1.29, 1.82) is 0 Å². The zero-order chi connectivity index (χ0) is 26.8. The van der Waals surface area contributed by atoms with Gasteiger partial charge in [0.25, 0.3) is 0 Å². The second-order valence-electron chi connectivity index (χ2n) is 10.5. The lowest BCUT2D eigenvalue weighted by Gasteiger charge is -2.37. The number of carboxylic acid groups (broad SMARTS) is 1. The molecule has 2 aromatic rings. The van der Waals surface area contributed by atoms with Gasteiger partial charge in [-0.15, -0.1) is 0 Å². The first kappa shape index (κ1) is 28.3. The van der Waals surface area contributed by atoms with E-state index in [0.29, 0.717) is 32.3 Å². The maximum atomic E-state index is 10.7. The maximum absolute atomic E-state index is 10.7. The number of hydrogen-bond donors (Lipinski definition) is 1. The SMILES string of the molecule is C=C(c1ccccc1)C12CCC(OCOC)C1CC(CCCCOCCCCC(=O)O)=C2c1ccccc1. The third-order valence-electron chi connectivity index (χ3n) is 8.24. The molecule has 0 radical (unpaired) electrons. The number of rotatable bonds is 16. The number of allylic oxidation sites excluding steroid dienone is 3. The van der Waals surface area contributed by atoms with Gasteiger partial charge in [-0.2, -0.15) is 0 Å². The third-order valence-corrected chi connectivity index (χ3v) is 8.24. The Kier molecular flexibility index (Phi) is 10.3. The van der Waals surface area contributed by atoms with E-state index >= 15 is 0 Å². The summed E-state index contributed by atoms with van der Waals surface area (Å²) in [5, 5.41) is 8.76. The summed E-state index contributed by atoms with van der Waals surface area (Å²) in [4.78, 5) is 10.7. The fourth-order valence-electron chi connectivity index (χ4n) is 6.57. The van der Waals surface area contributed by atoms with Crippen molar-refractivity contribution in [1.82, 2.24) is 0 Å². The van der Waals surface area contributed by atoms with Gasteiger partial charge >= 0.3 is 5.97 Å². The molecule has 0 bridgehead atoms. The van der Waals surface area contributed by atoms with Crippen LogP contribution < -0.4 is 0 Å². The summed E-state index contributed by atoms with van der Waals surface area (Å²) < 4.78 is 17.4. The molecule has 0 amide bonds. The standard InChI is InChI=1S/C33H42O5/c1-25(26-13-5-3-6-14-26)33-20-19-30(38-24-36-2)29(33)23-28(32(33)27-15-7-4-8-16-27)17-9-11-21-37-22-12-10-18-31(34)35/h3-8,13-16,29-30H,1,9-12,17-24H2,2H3,(H,34,35). The second-order valence-corrected chi connectivity index (χ2v) is 10.5. The van der Waals surface area contributed by atoms with Gasteiger partial charge in [0.2, 0.25) is 0 Å². The molecule has 5 heteroatoms. The van der Waals surface area contributed by atoms with E-state index in [1.807, 2.05) is 0 Å². The number of methoxy groups -OCH3 is 1. The van der Waals surface area contributed by atoms with Crippen molar-refractivity contribution in [3.63, 3.8) is 0 Å². The molecule has 2 aliphatic rings. The Morgan fingerprint density at radius 2 is 1.68 bits per heavy atom. The van der Waals surface area contributed by atoms with Crippen molar-refractivity contribution < 1.29 is 24.1 Å². The van der Waals surface area contributed by atoms with Crippen LogP contribution in [0.3, 0.4) is 0 Å². The molecule has 0 aliphatic heterocycles. The van der Waals surface area contributed by atoms with Crippen LogP contribution in [0, 0.1) is 11.3 Å². The lowest BCUT2D eigenvalue weighted by Crippen LogP contribution is -2.30. The molecule has 3 unspecified atom stereocenters. The van der Waals surface area contributed by atoms with Gasteiger partial charge in [-0.3, -0.25) is 4.79 Å². The van der Waals surface area contributed by atoms with Crippen LogP contribution >= 0.6 is 0 Å². The Balaban J connectivity index is 1.54. The summed E-state index contributed by atoms with van der Waals surface area (Å²) in [5.41, 5.74) is 6.52. The fraction of sp³-hybridized carbons (Fsp3) is 0.485. The summed E-state index contributed by atoms with van der Waals surface area (Å²) in [6.45, 7) is 6.40. The van der Waals surface area contributed by atoms with Gasteiger partial charge in [-0.25, -0.2) is 0 Å². The van der Waals surface area contributed by atoms with Crippen molar-refractivity contribution in [3.05, 3.63) is 83.9 Å². The van der Waals surface area contributed by atoms with Gasteiger partial charge in [0.1, 0.15) is 6.79 Å². The zero-order valence-electron chi connectivity index (χ0n) is 22.7. The average Bonchev–Trinajstić information content (AvgIpc) is 3.46. The van der Waals surface area contributed by atoms with E-state index in [1.165, 1.54) is 27.8 Å². The molecule has 5 nitrogen and oxygen atoms in total. The van der Waals surface area contributed by atoms with E-state index in [4.69, 9.17) is 25.9 Å². The number of benzene rings is 2. The van der Waals surface area contributed by atoms with Crippen LogP contribution in [-0.4, -0.2) is 44.3 Å². The smallest absolute Gasteiger partial charge is 0.303 e. The predicted octanol–water partition coefficient (Wildman–Crippen LogP) is 7.38. The van der Waals surface area contributed by atoms with E-state index in [2.05, 4.69) is 60.7 Å². The highest BCUT2D eigenvalue weighted by Crippen LogP contribution is 2.66. The van der Waals surface area contributed by atoms with E-state index in [-0.39, 0.29) is 17.9 Å². The normalized spacial score (nSPS) is 22.6. The van der Waals surface area contributed by atoms with Crippen LogP contribution in [0.25, 0.3) is 11.1 Å². The number of fused-ring (bicyclic) bond motifs is 1. The van der Waals surface area contributed by atoms with Gasteiger partial charge < -0.3 is 19.3 Å². The lowest BCUT2D eigenvalue weighted by atomic mass is 9.66. The number of aliphatic carboxylic acids is 1. The minimum atomic E-state index is -0.739. The molecule has 1 saturated carbocycles. The highest BCUT2D eigenvalue weighted by molar-refractivity contribution is 5.90. The van der Waals surface area contributed by atoms with Gasteiger partial charge in [0.15, 0.2) is 0 Å². The van der Waals surface area contributed by atoms with Gasteiger partial charge in [-0.05, 0) is 73.6 Å². The predicted molar refractivity (Wildman–Crippen MR) is 152 cm³/mol. The van der Waals surface area contributed by atoms with Crippen LogP contribution in [0.1, 0.15) is 68.9 Å². The highest BCUT2D eigenvalue weighted by Gasteiger charge is 2.57. The molecule has 0 saturated heterocycles. The molecule has 0 heterocycles. The van der Waals surface area contributed by atoms with Crippen LogP contribution in [-0.2, 0) is 19.0 Å². The van der Waals surface area contributed by atoms with Gasteiger partial charge in [0.05, 0.1) is 6.10 Å². The quantitative estimate of drug-likeness (QED) is 0.185. The van der Waals surface area contributed by atoms with E-state index in [0.717, 1.165) is 44.9 Å². The highest BCUT2D eigenvalue weighted by atomic mass is 16.7. The number of carbonyl (C=O) groups is 1. The zero-order valence-corrected chi connectivity index (χ0v) is 22.7. The molecule has 1 fully saturated rings. The van der Waals surface area contributed by atoms with Gasteiger partial charge in [0, 0.05) is 38.1 Å². The minimum absolute atomic E-state index is 0.140. The molecular weight excluding hydrogens is 476 g/mol. The minimum Gasteiger partial charge on any atom is -0.481 e. The summed E-state index contributed by atoms with van der Waals surface area (Å²) in [6, 6.07) is 21.5. The monoisotopic (exact) mass is 518 g/mol. The number of carboxylic acids is 1. The first-order valence-corrected chi connectivity index (χ1v) is 14.0. The average molecular weight is 519 g/mol. The van der Waals surface area contributed by atoms with Crippen LogP contribution in [0.5, 0.6) is 0 Å². The molecule has 38 heavy (non-hydrogen) atoms. The molecule has 2 aliphatic carbocycles. The first-order valence-electron chi connectivity index (χ1n) is 14.0. The Hall–Kier alpha value is -2.73. The summed E-state index contributed by atoms with van der Waals surface area (Å²) in [7, 11) is 1.69. The molecule has 204 valence electrons. The molecule has 0 aromatic heterocycles. The summed E-state index contributed by atoms with van der Waals surface area (Å²) in [6.07, 6.45) is 7.94. The van der Waals surface area contributed by atoms with Crippen molar-refractivity contribution in [2.75, 3.05) is 27.1 Å². The summed E-state index contributed by atoms with van der Waals surface area (Å²) >= 11 is 0. The first-order chi connectivity index (χ1) is 18.6. The van der Waals surface area contributed by atoms with Crippen molar-refractivity contribution in [2.24, 2.45) is 11.3 Å². The molecule has 0 spiro atoms. The third kappa shape index (κ3) is 6.45. The molecule has 3 atom stereocenters. The Bertz CT molecular complexity index is 1080. The Labute approximate surface area is 227 Å². The topological polar surface area (TPSA) is 65.0 Å². The molecule has 1 N–H and O–H groups in total. The van der Waals surface area contributed by atoms with Gasteiger partial charge in [-0.1, -0.05) is 72.8 Å². The second kappa shape index (κ2) is 13.9. The lowest BCUT2D eigenvalue weighted by molar-refractivity contribution is -0.137. The summed E-state index contributed by atoms with van der Waals surface area (Å²) in [5.74, 6) is -0.405. The number of ether oxygens (including phenoxy) is 3. The van der Waals surface area contributed by atoms with Crippen LogP contribution in [0.4, 0.5) is 0 Å². The Morgan fingerprint density at radius 1 is 1.00 bits per heavy atom. The largest absolute Gasteiger partial charge is 0.481 e. The molecule has 2 aromatic carbocycles. The fourth-order valence-corrected chi connectivity index (χ4v) is 6.57. The van der Waals surface area contributed by atoms with Crippen LogP contribution in [0.2, 0.25) is 0 Å². The van der Waals surface area contributed by atoms with Crippen molar-refractivity contribution in [2.45, 2.75) is 63.9 Å². The van der Waals surface area contributed by atoms with E-state index in [9.17, 15) is 4.79 Å². The van der Waals surface area contributed by atoms with Crippen molar-refractivity contribution >= 4 is 17.1 Å². The van der Waals surface area contributed by atoms with Crippen molar-refractivity contribution in [3.8, 4) is 0 Å². The molecular formula is C33H42O5. The number of hydrogen-bond acceptors (Lipinski definition) is 4. The Morgan fingerprint density at radius 3 is 2.37 bits per heavy atom. The number of unbranched alkanes of at least 4 members (excludes halogenated alkanes) is 2. The van der Waals surface area contributed by atoms with E-state index < -0.39 is 5.97 Å². The van der Waals surface area contributed by atoms with E-state index in [1.54, 1.807) is 7.11 Å². The molecule has 4 rings (SSSR count). The maximum Gasteiger partial charge on any atom is 0.303 e. The van der Waals surface area contributed by atoms with Crippen LogP contribution in [0.15, 0.2) is 72.8 Å².